The fourth-order valence-electron chi connectivity index (χ4n) is 5.81. The molecule has 1 saturated heterocycles. The Balaban J connectivity index is 1.48. The van der Waals surface area contributed by atoms with Gasteiger partial charge in [-0.3, -0.25) is 14.9 Å². The van der Waals surface area contributed by atoms with Crippen molar-refractivity contribution in [1.29, 1.82) is 0 Å². The zero-order chi connectivity index (χ0) is 31.1. The minimum absolute atomic E-state index is 0.0707. The minimum atomic E-state index is -0.605. The molecule has 0 aliphatic carbocycles. The third-order valence-electron chi connectivity index (χ3n) is 8.01. The number of nitrogens with one attached hydrogen (secondary N) is 1. The number of amides is 1. The molecule has 1 aliphatic heterocycles. The van der Waals surface area contributed by atoms with Gasteiger partial charge < -0.3 is 14.5 Å². The van der Waals surface area contributed by atoms with Gasteiger partial charge in [0.2, 0.25) is 5.91 Å². The number of carbonyl (C=O) groups is 1. The predicted octanol–water partition coefficient (Wildman–Crippen LogP) is 6.14. The summed E-state index contributed by atoms with van der Waals surface area (Å²) in [6.45, 7) is 10.0. The van der Waals surface area contributed by atoms with E-state index >= 15 is 4.39 Å². The molecule has 1 fully saturated rings. The number of benzene rings is 2. The van der Waals surface area contributed by atoms with Gasteiger partial charge in [0.25, 0.3) is 0 Å². The molecule has 12 heteroatoms. The number of fused-ring (bicyclic) bond motifs is 2. The van der Waals surface area contributed by atoms with E-state index in [1.165, 1.54) is 24.4 Å². The second-order valence-electron chi connectivity index (χ2n) is 11.0. The maximum atomic E-state index is 16.8. The number of H-pyrrole nitrogens is 1. The third-order valence-corrected chi connectivity index (χ3v) is 8.31. The molecule has 0 unspecified atom stereocenters. The van der Waals surface area contributed by atoms with Crippen LogP contribution in [0.2, 0.25) is 5.02 Å². The Morgan fingerprint density at radius 2 is 1.95 bits per heavy atom. The van der Waals surface area contributed by atoms with Crippen molar-refractivity contribution in [2.75, 3.05) is 18.0 Å². The number of hydrogen-bond donors (Lipinski definition) is 1. The summed E-state index contributed by atoms with van der Waals surface area (Å²) in [7, 11) is 0. The van der Waals surface area contributed by atoms with E-state index in [0.29, 0.717) is 29.9 Å². The Morgan fingerprint density at radius 1 is 1.14 bits per heavy atom. The van der Waals surface area contributed by atoms with Gasteiger partial charge in [-0.05, 0) is 56.7 Å². The van der Waals surface area contributed by atoms with Crippen molar-refractivity contribution in [1.82, 2.24) is 30.0 Å². The number of piperazine rings is 1. The fraction of sp³-hybridized carbons (Fsp3) is 0.281. The Labute approximate surface area is 257 Å². The fourth-order valence-corrected chi connectivity index (χ4v) is 6.09. The second-order valence-corrected chi connectivity index (χ2v) is 11.4. The standard InChI is InChI=1S/C32H30ClF2N7O2/c1-5-27(43)41-13-19(4)42(14-18(41)3)32-20-11-22(33)29(28-17(2)8-9-24-21(28)12-37-40-24)30(35)31(20)38-26(39-32)16-44-15-25-23(34)7-6-10-36-25/h5-12,18-19H,1,13-16H2,2-4H3,(H,37,40)/t18-,19+/m1/s1. The second kappa shape index (κ2) is 11.9. The van der Waals surface area contributed by atoms with E-state index in [9.17, 15) is 9.18 Å². The minimum Gasteiger partial charge on any atom is -0.367 e. The molecule has 226 valence electrons. The lowest BCUT2D eigenvalue weighted by Crippen LogP contribution is -2.58. The monoisotopic (exact) mass is 617 g/mol. The van der Waals surface area contributed by atoms with Gasteiger partial charge in [0.1, 0.15) is 29.5 Å². The van der Waals surface area contributed by atoms with Crippen molar-refractivity contribution >= 4 is 45.1 Å². The van der Waals surface area contributed by atoms with Crippen LogP contribution in [0.3, 0.4) is 0 Å². The topological polar surface area (TPSA) is 100 Å². The molecular formula is C32H30ClF2N7O2. The molecular weight excluding hydrogens is 588 g/mol. The molecule has 9 nitrogen and oxygen atoms in total. The number of aromatic amines is 1. The normalized spacial score (nSPS) is 17.0. The molecule has 2 atom stereocenters. The molecule has 5 aromatic rings. The number of aromatic nitrogens is 5. The quantitative estimate of drug-likeness (QED) is 0.219. The van der Waals surface area contributed by atoms with Crippen LogP contribution in [-0.2, 0) is 22.7 Å². The highest BCUT2D eigenvalue weighted by molar-refractivity contribution is 6.35. The van der Waals surface area contributed by atoms with Gasteiger partial charge in [0, 0.05) is 53.3 Å². The van der Waals surface area contributed by atoms with Gasteiger partial charge in [-0.25, -0.2) is 18.7 Å². The van der Waals surface area contributed by atoms with Crippen molar-refractivity contribution < 1.29 is 18.3 Å². The van der Waals surface area contributed by atoms with Crippen LogP contribution in [-0.4, -0.2) is 61.1 Å². The number of anilines is 1. The first-order chi connectivity index (χ1) is 21.2. The van der Waals surface area contributed by atoms with E-state index in [4.69, 9.17) is 21.3 Å². The number of carbonyl (C=O) groups excluding carboxylic acids is 1. The lowest BCUT2D eigenvalue weighted by molar-refractivity contribution is -0.128. The molecule has 0 bridgehead atoms. The molecule has 6 rings (SSSR count). The van der Waals surface area contributed by atoms with E-state index in [2.05, 4.69) is 26.7 Å². The number of ether oxygens (including phenoxy) is 1. The Bertz CT molecular complexity index is 1910. The third kappa shape index (κ3) is 5.26. The summed E-state index contributed by atoms with van der Waals surface area (Å²) in [6, 6.07) is 7.91. The first-order valence-corrected chi connectivity index (χ1v) is 14.5. The van der Waals surface area contributed by atoms with Crippen LogP contribution in [0.25, 0.3) is 32.9 Å². The van der Waals surface area contributed by atoms with Gasteiger partial charge in [-0.15, -0.1) is 0 Å². The molecule has 0 spiro atoms. The van der Waals surface area contributed by atoms with Crippen molar-refractivity contribution in [3.8, 4) is 11.1 Å². The van der Waals surface area contributed by atoms with Crippen LogP contribution in [0.5, 0.6) is 0 Å². The first kappa shape index (κ1) is 29.6. The number of pyridine rings is 1. The van der Waals surface area contributed by atoms with Crippen LogP contribution in [0.4, 0.5) is 14.6 Å². The number of rotatable bonds is 7. The van der Waals surface area contributed by atoms with Crippen LogP contribution < -0.4 is 4.90 Å². The molecule has 0 radical (unpaired) electrons. The summed E-state index contributed by atoms with van der Waals surface area (Å²) < 4.78 is 36.7. The summed E-state index contributed by atoms with van der Waals surface area (Å²) in [6.07, 6.45) is 4.43. The average Bonchev–Trinajstić information content (AvgIpc) is 3.49. The van der Waals surface area contributed by atoms with Crippen molar-refractivity contribution in [2.45, 2.75) is 46.1 Å². The van der Waals surface area contributed by atoms with Crippen molar-refractivity contribution in [3.63, 3.8) is 0 Å². The Kier molecular flexibility index (Phi) is 8.00. The van der Waals surface area contributed by atoms with Gasteiger partial charge >= 0.3 is 0 Å². The highest BCUT2D eigenvalue weighted by Gasteiger charge is 2.34. The smallest absolute Gasteiger partial charge is 0.246 e. The average molecular weight is 618 g/mol. The molecule has 2 aromatic carbocycles. The molecule has 4 heterocycles. The van der Waals surface area contributed by atoms with E-state index in [1.807, 2.05) is 37.8 Å². The van der Waals surface area contributed by atoms with E-state index in [1.54, 1.807) is 17.2 Å². The highest BCUT2D eigenvalue weighted by atomic mass is 35.5. The van der Waals surface area contributed by atoms with Crippen molar-refractivity contribution in [3.05, 3.63) is 89.1 Å². The number of hydrogen-bond acceptors (Lipinski definition) is 7. The van der Waals surface area contributed by atoms with E-state index < -0.39 is 11.6 Å². The number of nitrogens with zero attached hydrogens (tertiary/aromatic N) is 6. The van der Waals surface area contributed by atoms with Crippen LogP contribution in [0.15, 0.2) is 55.4 Å². The summed E-state index contributed by atoms with van der Waals surface area (Å²) in [5.41, 5.74) is 2.60. The SMILES string of the molecule is C=CC(=O)N1C[C@H](C)N(c2nc(COCc3ncccc3F)nc3c(F)c(-c4c(C)ccc5[nH]ncc45)c(Cl)cc23)C[C@H]1C. The Hall–Kier alpha value is -4.48. The lowest BCUT2D eigenvalue weighted by Gasteiger charge is -2.44. The highest BCUT2D eigenvalue weighted by Crippen LogP contribution is 2.42. The van der Waals surface area contributed by atoms with Gasteiger partial charge in [0.15, 0.2) is 11.6 Å². The summed E-state index contributed by atoms with van der Waals surface area (Å²) >= 11 is 6.87. The van der Waals surface area contributed by atoms with E-state index in [-0.39, 0.29) is 58.8 Å². The maximum absolute atomic E-state index is 16.8. The molecule has 44 heavy (non-hydrogen) atoms. The zero-order valence-electron chi connectivity index (χ0n) is 24.4. The van der Waals surface area contributed by atoms with Gasteiger partial charge in [0.05, 0.1) is 23.3 Å². The lowest BCUT2D eigenvalue weighted by atomic mass is 9.95. The largest absolute Gasteiger partial charge is 0.367 e. The molecule has 1 N–H and O–H groups in total. The van der Waals surface area contributed by atoms with Gasteiger partial charge in [-0.1, -0.05) is 24.2 Å². The molecule has 0 saturated carbocycles. The number of aryl methyl sites for hydroxylation is 1. The molecule has 1 amide bonds. The van der Waals surface area contributed by atoms with Crippen molar-refractivity contribution in [2.24, 2.45) is 0 Å². The van der Waals surface area contributed by atoms with Crippen LogP contribution in [0.1, 0.15) is 30.9 Å². The maximum Gasteiger partial charge on any atom is 0.246 e. The van der Waals surface area contributed by atoms with E-state index in [0.717, 1.165) is 16.5 Å². The summed E-state index contributed by atoms with van der Waals surface area (Å²) in [5.74, 6) is -0.579. The Morgan fingerprint density at radius 3 is 2.73 bits per heavy atom. The molecule has 3 aromatic heterocycles. The summed E-state index contributed by atoms with van der Waals surface area (Å²) in [4.78, 5) is 29.7. The predicted molar refractivity (Wildman–Crippen MR) is 165 cm³/mol. The van der Waals surface area contributed by atoms with Gasteiger partial charge in [-0.2, -0.15) is 5.10 Å². The number of halogens is 3. The zero-order valence-corrected chi connectivity index (χ0v) is 25.2. The molecule has 1 aliphatic rings. The first-order valence-electron chi connectivity index (χ1n) is 14.2. The summed E-state index contributed by atoms with van der Waals surface area (Å²) in [5, 5.41) is 8.42. The van der Waals surface area contributed by atoms with Crippen LogP contribution >= 0.6 is 11.6 Å². The van der Waals surface area contributed by atoms with Crippen LogP contribution in [0, 0.1) is 18.6 Å².